The van der Waals surface area contributed by atoms with Gasteiger partial charge in [-0.05, 0) is 82.0 Å². The maximum Gasteiger partial charge on any atom is 0.365 e. The summed E-state index contributed by atoms with van der Waals surface area (Å²) in [5, 5.41) is 72.7. The van der Waals surface area contributed by atoms with Crippen LogP contribution in [0.3, 0.4) is 0 Å². The van der Waals surface area contributed by atoms with E-state index in [9.17, 15) is 138 Å². The number of rotatable bonds is 70. The van der Waals surface area contributed by atoms with Gasteiger partial charge in [-0.3, -0.25) is 153 Å². The van der Waals surface area contributed by atoms with E-state index in [1.807, 2.05) is 0 Å². The molecule has 21 N–H and O–H groups in total. The Balaban J connectivity index is -0.00000196. The van der Waals surface area contributed by atoms with Gasteiger partial charge < -0.3 is 157 Å². The van der Waals surface area contributed by atoms with Gasteiger partial charge in [-0.15, -0.1) is 15.3 Å². The van der Waals surface area contributed by atoms with Crippen LogP contribution in [0.5, 0.6) is 0 Å². The third-order valence-electron chi connectivity index (χ3n) is 17.6. The van der Waals surface area contributed by atoms with Crippen molar-refractivity contribution in [1.82, 2.24) is 65.4 Å². The molecule has 0 saturated carbocycles. The van der Waals surface area contributed by atoms with Crippen molar-refractivity contribution in [3.05, 3.63) is 0 Å². The molecule has 2 aliphatic heterocycles. The fourth-order valence-electron chi connectivity index (χ4n) is 12.2. The molecule has 76 heteroatoms. The molecule has 852 valence electrons. The minimum absolute atomic E-state index is 0.0287. The third-order valence-corrected chi connectivity index (χ3v) is 41.3. The zero-order chi connectivity index (χ0) is 114. The number of nitrogens with two attached hydrogens (primary N) is 1. The second-order valence-electron chi connectivity index (χ2n) is 32.5. The Labute approximate surface area is 850 Å². The highest BCUT2D eigenvalue weighted by Crippen LogP contribution is 2.70. The summed E-state index contributed by atoms with van der Waals surface area (Å²) >= 11 is 3.51. The van der Waals surface area contributed by atoms with Crippen LogP contribution in [0.25, 0.3) is 0 Å². The number of morpholine rings is 2. The van der Waals surface area contributed by atoms with Crippen LogP contribution in [0.2, 0.25) is 19.6 Å². The summed E-state index contributed by atoms with van der Waals surface area (Å²) in [4.78, 5) is 259. The minimum atomic E-state index is -5.59. The van der Waals surface area contributed by atoms with E-state index in [4.69, 9.17) is 96.4 Å². The van der Waals surface area contributed by atoms with Gasteiger partial charge in [0.2, 0.25) is 45.7 Å². The van der Waals surface area contributed by atoms with Crippen molar-refractivity contribution >= 4 is 186 Å². The number of cyclic esters (lactones) is 4. The van der Waals surface area contributed by atoms with Gasteiger partial charge in [-0.1, -0.05) is 19.6 Å². The number of nitrogens with zero attached hydrogens (tertiary/aromatic N) is 9. The van der Waals surface area contributed by atoms with Crippen LogP contribution < -0.4 is 27.0 Å². The SMILES string of the molecule is CCOP(=O)(OCC)C(N)P(=O)(OCC)OCC.CCOP(=O)(OCC)C(NC(=O)CN(CCN(CCN(CC(=O)O)CC(=O)NC(P(C)(C)=O)P(C)(C)=O)CC(=O)O)CC(=O)O)P(=O)(OCC)OCC.C[Si](C)(C)Br.O=C(O)CN(CCN(CC(=O)O)CC(=O)NC(P(=O)(O)O)P(=O)(O)O)CCN(CC(=O)O)CC(=O)NC(P(=O)(O)O)P(=O)(O)O.O=C(O)CN(CCN1CC(=O)OC(=O)C1)CCN1CC(=O)OC(=O)C1. The Bertz CT molecular complexity index is 4440. The number of aliphatic carboxylic acids is 7. The lowest BCUT2D eigenvalue weighted by atomic mass is 10.3. The van der Waals surface area contributed by atoms with Crippen molar-refractivity contribution in [3.8, 4) is 0 Å². The largest absolute Gasteiger partial charge is 0.480 e. The summed E-state index contributed by atoms with van der Waals surface area (Å²) in [6.45, 7) is 14.4. The summed E-state index contributed by atoms with van der Waals surface area (Å²) in [5.74, 6) is -16.6. The van der Waals surface area contributed by atoms with Crippen molar-refractivity contribution in [2.24, 2.45) is 5.73 Å². The maximum atomic E-state index is 13.8. The average Bonchev–Trinajstić information content (AvgIpc) is 0.779. The second-order valence-corrected chi connectivity index (χ2v) is 67.9. The standard InChI is InChI=1S/C28H57N5O16P4.C16H33N5O20P4.C14H19N3O8.C9H23NO6P2.C3H9BrSi/c1-9-46-52(44,47-10-2)28(53(45,48-11-3)49-12-4)30-23(35)18-33(21-26(40)41)16-14-31(19-24(36)37)13-15-32(20-25(38)39)17-22(34)29-27(50(5,6)42)51(7,8)43;22-10(17-15(42(30,31)32)43(33,34)35)5-20(8-13(26)27)3-1-19(7-12(24)25)2-4-21(9-14(28)29)6-11(23)18-16(44(36,37)38)45(39,40)41;18-10(19)5-15(1-3-16-6-11(20)24-12(21)7-16)2-4-17-8-13(22)25-14(23)9-17;1-5-13-17(11,14-6-2)9(10)18(12,15-7-3)16-8-4;1-5(2,3)4/h27-28H,9-21H2,1-8H3,(H,29,34)(H,30,35)(H,36,37)(H,38,39)(H,40,41);15-16H,1-9H2,(H,17,22)(H,18,23)(H,24,25)(H,26,27)(H,28,29)(H2,30,31,32)(H2,33,34,35)(H2,36,37,38)(H2,39,40,41);1-9H2,(H,18,19);9H,5-8,10H2,1-4H3;1-3H3. The molecule has 2 aliphatic rings. The van der Waals surface area contributed by atoms with Gasteiger partial charge in [0.05, 0.1) is 151 Å². The molecule has 0 radical (unpaired) electrons. The predicted molar refractivity (Wildman–Crippen MR) is 522 cm³/mol. The van der Waals surface area contributed by atoms with Crippen molar-refractivity contribution in [3.63, 3.8) is 0 Å². The number of carboxylic acids is 7. The van der Waals surface area contributed by atoms with Crippen molar-refractivity contribution in [1.29, 1.82) is 0 Å². The van der Waals surface area contributed by atoms with E-state index in [1.165, 1.54) is 74.8 Å². The van der Waals surface area contributed by atoms with Gasteiger partial charge in [0, 0.05) is 78.5 Å². The van der Waals surface area contributed by atoms with Crippen molar-refractivity contribution in [2.45, 2.75) is 103 Å². The normalized spacial score (nSPS) is 14.2. The fourth-order valence-corrected chi connectivity index (χ4v) is 32.2. The Hall–Kier alpha value is -5.59. The van der Waals surface area contributed by atoms with Gasteiger partial charge in [0.25, 0.3) is 0 Å². The molecule has 64 nitrogen and oxygen atoms in total. The highest BCUT2D eigenvalue weighted by molar-refractivity contribution is 9.26. The van der Waals surface area contributed by atoms with Gasteiger partial charge in [-0.2, -0.15) is 0 Å². The van der Waals surface area contributed by atoms with Crippen LogP contribution in [0.1, 0.15) is 55.4 Å². The molecule has 2 heterocycles. The molecule has 0 spiro atoms. The van der Waals surface area contributed by atoms with Crippen LogP contribution in [0.4, 0.5) is 0 Å². The molecule has 0 aromatic carbocycles. The lowest BCUT2D eigenvalue weighted by molar-refractivity contribution is -0.168. The number of carbonyl (C=O) groups excluding carboxylic acids is 8. The van der Waals surface area contributed by atoms with Crippen LogP contribution in [-0.4, -0.2) is 499 Å². The highest BCUT2D eigenvalue weighted by Gasteiger charge is 2.54. The number of carbonyl (C=O) groups is 15. The van der Waals surface area contributed by atoms with Crippen molar-refractivity contribution < 1.29 is 238 Å². The Kier molecular flexibility index (Phi) is 68.5. The molecular weight excluding hydrogens is 2250 g/mol. The molecule has 0 atom stereocenters. The molecule has 2 saturated heterocycles. The summed E-state index contributed by atoms with van der Waals surface area (Å²) < 4.78 is 174. The molecule has 4 amide bonds. The highest BCUT2D eigenvalue weighted by atomic mass is 79.9. The summed E-state index contributed by atoms with van der Waals surface area (Å²) in [5.41, 5.74) is -4.63. The molecule has 0 bridgehead atoms. The first-order valence-electron chi connectivity index (χ1n) is 43.7. The first-order chi connectivity index (χ1) is 66.7. The number of amides is 4. The third kappa shape index (κ3) is 65.1. The zero-order valence-electron chi connectivity index (χ0n) is 83.1. The topological polar surface area (TPSA) is 926 Å². The van der Waals surface area contributed by atoms with Crippen LogP contribution in [0, 0.1) is 0 Å². The van der Waals surface area contributed by atoms with Crippen molar-refractivity contribution in [2.75, 3.05) is 256 Å². The number of ether oxygens (including phenoxy) is 2. The number of halogens is 1. The van der Waals surface area contributed by atoms with Gasteiger partial charge in [0.1, 0.15) is 26.5 Å². The molecule has 146 heavy (non-hydrogen) atoms. The van der Waals surface area contributed by atoms with E-state index >= 15 is 0 Å². The zero-order valence-corrected chi connectivity index (χ0v) is 94.6. The van der Waals surface area contributed by atoms with E-state index < -0.39 is 290 Å². The summed E-state index contributed by atoms with van der Waals surface area (Å²) in [6.07, 6.45) is 0. The average molecular weight is 2400 g/mol. The number of nitrogens with one attached hydrogen (secondary N) is 4. The summed E-state index contributed by atoms with van der Waals surface area (Å²) in [7, 11) is -44.8. The Morgan fingerprint density at radius 1 is 0.315 bits per heavy atom. The number of hydrogen-bond donors (Lipinski definition) is 20. The fraction of sp³-hybridized carbons (Fsp3) is 0.786. The van der Waals surface area contributed by atoms with E-state index in [0.29, 0.717) is 26.2 Å². The van der Waals surface area contributed by atoms with Gasteiger partial charge in [0.15, 0.2) is 0 Å². The molecular formula is C70H141BrN14O50P10Si. The lowest BCUT2D eigenvalue weighted by Crippen LogP contribution is -2.49. The number of esters is 4. The second kappa shape index (κ2) is 69.2. The van der Waals surface area contributed by atoms with Crippen LogP contribution in [-0.2, 0) is 163 Å². The van der Waals surface area contributed by atoms with Gasteiger partial charge >= 0.3 is 126 Å². The van der Waals surface area contributed by atoms with E-state index in [-0.39, 0.29) is 112 Å². The van der Waals surface area contributed by atoms with Crippen LogP contribution >= 0.6 is 90.3 Å². The molecule has 0 aliphatic carbocycles. The Morgan fingerprint density at radius 3 is 0.658 bits per heavy atom. The number of carboxylic acid groups (broad SMARTS) is 7. The quantitative estimate of drug-likeness (QED) is 0.0108. The lowest BCUT2D eigenvalue weighted by Gasteiger charge is -2.32. The first kappa shape index (κ1) is 145. The molecule has 0 aromatic heterocycles. The predicted octanol–water partition coefficient (Wildman–Crippen LogP) is -1.50. The maximum absolute atomic E-state index is 13.8. The van der Waals surface area contributed by atoms with E-state index in [0.717, 1.165) is 19.6 Å². The molecule has 0 aromatic rings. The first-order valence-corrected chi connectivity index (χ1v) is 68.0. The monoisotopic (exact) mass is 2390 g/mol. The van der Waals surface area contributed by atoms with E-state index in [1.54, 1.807) is 42.4 Å². The smallest absolute Gasteiger partial charge is 0.365 e. The molecule has 2 fully saturated rings. The minimum Gasteiger partial charge on any atom is -0.480 e. The molecule has 0 unspecified atom stereocenters. The van der Waals surface area contributed by atoms with E-state index in [2.05, 4.69) is 55.0 Å². The summed E-state index contributed by atoms with van der Waals surface area (Å²) in [6, 6.07) is 0. The van der Waals surface area contributed by atoms with Crippen LogP contribution in [0.15, 0.2) is 0 Å². The molecule has 2 rings (SSSR count). The number of hydrogen-bond acceptors (Lipinski definition) is 45. The Morgan fingerprint density at radius 2 is 0.479 bits per heavy atom. The van der Waals surface area contributed by atoms with Gasteiger partial charge in [-0.25, -0.2) is 0 Å².